The molecular formula is C12H17N3O2. The summed E-state index contributed by atoms with van der Waals surface area (Å²) >= 11 is 0. The van der Waals surface area contributed by atoms with Gasteiger partial charge in [0.1, 0.15) is 0 Å². The van der Waals surface area contributed by atoms with Gasteiger partial charge < -0.3 is 15.4 Å². The van der Waals surface area contributed by atoms with Crippen molar-refractivity contribution in [1.29, 1.82) is 0 Å². The SMILES string of the molecule is Cc1ncccc1NC(=O)CC1COCCN1. The Labute approximate surface area is 101 Å². The first-order valence-electron chi connectivity index (χ1n) is 5.78. The third-order valence-corrected chi connectivity index (χ3v) is 2.71. The van der Waals surface area contributed by atoms with E-state index in [1.54, 1.807) is 6.20 Å². The summed E-state index contributed by atoms with van der Waals surface area (Å²) in [4.78, 5) is 15.9. The van der Waals surface area contributed by atoms with Crippen molar-refractivity contribution in [2.75, 3.05) is 25.1 Å². The molecule has 5 heteroatoms. The van der Waals surface area contributed by atoms with E-state index in [9.17, 15) is 4.79 Å². The van der Waals surface area contributed by atoms with Gasteiger partial charge in [0.2, 0.25) is 5.91 Å². The number of hydrogen-bond donors (Lipinski definition) is 2. The van der Waals surface area contributed by atoms with E-state index in [2.05, 4.69) is 15.6 Å². The van der Waals surface area contributed by atoms with Gasteiger partial charge in [-0.1, -0.05) is 0 Å². The average molecular weight is 235 g/mol. The third-order valence-electron chi connectivity index (χ3n) is 2.71. The number of hydrogen-bond acceptors (Lipinski definition) is 4. The lowest BCUT2D eigenvalue weighted by atomic mass is 10.2. The van der Waals surface area contributed by atoms with E-state index in [1.807, 2.05) is 19.1 Å². The minimum atomic E-state index is -0.0101. The Kier molecular flexibility index (Phi) is 4.06. The summed E-state index contributed by atoms with van der Waals surface area (Å²) < 4.78 is 5.30. The number of carbonyl (C=O) groups excluding carboxylic acids is 1. The summed E-state index contributed by atoms with van der Waals surface area (Å²) in [5.41, 5.74) is 1.60. The molecule has 0 saturated carbocycles. The molecule has 0 aromatic carbocycles. The molecule has 1 saturated heterocycles. The molecule has 0 aliphatic carbocycles. The number of nitrogens with one attached hydrogen (secondary N) is 2. The predicted octanol–water partition coefficient (Wildman–Crippen LogP) is 0.707. The van der Waals surface area contributed by atoms with Crippen LogP contribution in [-0.2, 0) is 9.53 Å². The van der Waals surface area contributed by atoms with Crippen molar-refractivity contribution >= 4 is 11.6 Å². The summed E-state index contributed by atoms with van der Waals surface area (Å²) in [6, 6.07) is 3.77. The first kappa shape index (κ1) is 12.0. The van der Waals surface area contributed by atoms with Crippen LogP contribution in [0.5, 0.6) is 0 Å². The highest BCUT2D eigenvalue weighted by Gasteiger charge is 2.17. The number of anilines is 1. The maximum Gasteiger partial charge on any atom is 0.226 e. The van der Waals surface area contributed by atoms with E-state index in [4.69, 9.17) is 4.74 Å². The van der Waals surface area contributed by atoms with Crippen molar-refractivity contribution in [3.05, 3.63) is 24.0 Å². The van der Waals surface area contributed by atoms with Crippen molar-refractivity contribution in [3.63, 3.8) is 0 Å². The Morgan fingerprint density at radius 3 is 3.29 bits per heavy atom. The van der Waals surface area contributed by atoms with Crippen molar-refractivity contribution in [1.82, 2.24) is 10.3 Å². The number of aryl methyl sites for hydroxylation is 1. The molecular weight excluding hydrogens is 218 g/mol. The van der Waals surface area contributed by atoms with Crippen LogP contribution in [0.25, 0.3) is 0 Å². The van der Waals surface area contributed by atoms with Crippen LogP contribution in [0.4, 0.5) is 5.69 Å². The van der Waals surface area contributed by atoms with Crippen LogP contribution in [-0.4, -0.2) is 36.7 Å². The van der Waals surface area contributed by atoms with Crippen LogP contribution < -0.4 is 10.6 Å². The van der Waals surface area contributed by atoms with Crippen LogP contribution in [0.2, 0.25) is 0 Å². The third kappa shape index (κ3) is 3.51. The quantitative estimate of drug-likeness (QED) is 0.810. The molecule has 0 radical (unpaired) electrons. The molecule has 1 atom stereocenters. The largest absolute Gasteiger partial charge is 0.378 e. The monoisotopic (exact) mass is 235 g/mol. The Morgan fingerprint density at radius 1 is 1.71 bits per heavy atom. The number of carbonyl (C=O) groups is 1. The second-order valence-corrected chi connectivity index (χ2v) is 4.11. The second kappa shape index (κ2) is 5.75. The Bertz CT molecular complexity index is 389. The molecule has 1 fully saturated rings. The zero-order chi connectivity index (χ0) is 12.1. The summed E-state index contributed by atoms with van der Waals surface area (Å²) in [7, 11) is 0. The summed E-state index contributed by atoms with van der Waals surface area (Å²) in [5.74, 6) is -0.0101. The first-order valence-corrected chi connectivity index (χ1v) is 5.78. The molecule has 1 aromatic rings. The van der Waals surface area contributed by atoms with E-state index in [-0.39, 0.29) is 11.9 Å². The number of ether oxygens (including phenoxy) is 1. The Balaban J connectivity index is 1.86. The molecule has 1 aromatic heterocycles. The first-order chi connectivity index (χ1) is 8.25. The molecule has 5 nitrogen and oxygen atoms in total. The summed E-state index contributed by atoms with van der Waals surface area (Å²) in [5, 5.41) is 6.11. The maximum absolute atomic E-state index is 11.8. The lowest BCUT2D eigenvalue weighted by Crippen LogP contribution is -2.43. The summed E-state index contributed by atoms with van der Waals surface area (Å²) in [6.07, 6.45) is 2.13. The van der Waals surface area contributed by atoms with Crippen molar-refractivity contribution in [3.8, 4) is 0 Å². The van der Waals surface area contributed by atoms with E-state index >= 15 is 0 Å². The zero-order valence-corrected chi connectivity index (χ0v) is 9.90. The van der Waals surface area contributed by atoms with Crippen LogP contribution in [0.1, 0.15) is 12.1 Å². The van der Waals surface area contributed by atoms with Gasteiger partial charge in [0.15, 0.2) is 0 Å². The molecule has 2 heterocycles. The summed E-state index contributed by atoms with van der Waals surface area (Å²) in [6.45, 7) is 4.00. The number of rotatable bonds is 3. The molecule has 2 N–H and O–H groups in total. The standard InChI is InChI=1S/C12H17N3O2/c1-9-11(3-2-4-13-9)15-12(16)7-10-8-17-6-5-14-10/h2-4,10,14H,5-8H2,1H3,(H,15,16). The molecule has 2 rings (SSSR count). The van der Waals surface area contributed by atoms with E-state index in [0.717, 1.165) is 24.5 Å². The van der Waals surface area contributed by atoms with Gasteiger partial charge in [-0.05, 0) is 19.1 Å². The minimum absolute atomic E-state index is 0.0101. The number of nitrogens with zero attached hydrogens (tertiary/aromatic N) is 1. The van der Waals surface area contributed by atoms with Crippen molar-refractivity contribution in [2.24, 2.45) is 0 Å². The molecule has 0 bridgehead atoms. The van der Waals surface area contributed by atoms with Crippen molar-refractivity contribution < 1.29 is 9.53 Å². The smallest absolute Gasteiger partial charge is 0.226 e. The van der Waals surface area contributed by atoms with Crippen LogP contribution in [0, 0.1) is 6.92 Å². The van der Waals surface area contributed by atoms with Crippen molar-refractivity contribution in [2.45, 2.75) is 19.4 Å². The van der Waals surface area contributed by atoms with Gasteiger partial charge in [0.25, 0.3) is 0 Å². The molecule has 1 amide bonds. The van der Waals surface area contributed by atoms with Gasteiger partial charge in [0, 0.05) is 25.2 Å². The fourth-order valence-corrected chi connectivity index (χ4v) is 1.79. The highest BCUT2D eigenvalue weighted by atomic mass is 16.5. The highest BCUT2D eigenvalue weighted by Crippen LogP contribution is 2.11. The number of amides is 1. The molecule has 92 valence electrons. The number of morpholine rings is 1. The minimum Gasteiger partial charge on any atom is -0.378 e. The lowest BCUT2D eigenvalue weighted by Gasteiger charge is -2.23. The number of pyridine rings is 1. The molecule has 1 aliphatic rings. The average Bonchev–Trinajstić information content (AvgIpc) is 2.33. The van der Waals surface area contributed by atoms with Gasteiger partial charge in [-0.3, -0.25) is 9.78 Å². The van der Waals surface area contributed by atoms with Crippen LogP contribution in [0.3, 0.4) is 0 Å². The van der Waals surface area contributed by atoms with Crippen LogP contribution in [0.15, 0.2) is 18.3 Å². The topological polar surface area (TPSA) is 63.2 Å². The Morgan fingerprint density at radius 2 is 2.59 bits per heavy atom. The molecule has 1 unspecified atom stereocenters. The normalized spacial score (nSPS) is 19.9. The van der Waals surface area contributed by atoms with Gasteiger partial charge in [-0.15, -0.1) is 0 Å². The van der Waals surface area contributed by atoms with E-state index < -0.39 is 0 Å². The number of aromatic nitrogens is 1. The predicted molar refractivity (Wildman–Crippen MR) is 64.8 cm³/mol. The van der Waals surface area contributed by atoms with Crippen LogP contribution >= 0.6 is 0 Å². The zero-order valence-electron chi connectivity index (χ0n) is 9.90. The lowest BCUT2D eigenvalue weighted by molar-refractivity contribution is -0.117. The molecule has 17 heavy (non-hydrogen) atoms. The second-order valence-electron chi connectivity index (χ2n) is 4.11. The van der Waals surface area contributed by atoms with Gasteiger partial charge in [-0.2, -0.15) is 0 Å². The molecule has 1 aliphatic heterocycles. The van der Waals surface area contributed by atoms with E-state index in [1.165, 1.54) is 0 Å². The Hall–Kier alpha value is -1.46. The van der Waals surface area contributed by atoms with Gasteiger partial charge >= 0.3 is 0 Å². The molecule has 0 spiro atoms. The van der Waals surface area contributed by atoms with Gasteiger partial charge in [-0.25, -0.2) is 0 Å². The fourth-order valence-electron chi connectivity index (χ4n) is 1.79. The maximum atomic E-state index is 11.8. The highest BCUT2D eigenvalue weighted by molar-refractivity contribution is 5.91. The fraction of sp³-hybridized carbons (Fsp3) is 0.500. The van der Waals surface area contributed by atoms with E-state index in [0.29, 0.717) is 13.0 Å². The van der Waals surface area contributed by atoms with Gasteiger partial charge in [0.05, 0.1) is 24.6 Å².